The van der Waals surface area contributed by atoms with Gasteiger partial charge >= 0.3 is 0 Å². The fraction of sp³-hybridized carbons (Fsp3) is 0.200. The molecular formula is C60H60BrN3. The molecule has 0 atom stereocenters. The smallest absolute Gasteiger partial charge is 0.0651 e. The molecule has 0 radical (unpaired) electrons. The molecule has 0 saturated carbocycles. The minimum absolute atomic E-state index is 0.0445. The van der Waals surface area contributed by atoms with Crippen LogP contribution < -0.4 is 15.1 Å². The van der Waals surface area contributed by atoms with E-state index in [0.717, 1.165) is 50.0 Å². The van der Waals surface area contributed by atoms with Crippen molar-refractivity contribution < 1.29 is 0 Å². The van der Waals surface area contributed by atoms with Crippen molar-refractivity contribution in [1.29, 1.82) is 0 Å². The molecular weight excluding hydrogens is 843 g/mol. The molecule has 0 saturated heterocycles. The van der Waals surface area contributed by atoms with Crippen molar-refractivity contribution in [3.63, 3.8) is 0 Å². The number of nitrogens with zero attached hydrogens (tertiary/aromatic N) is 2. The Morgan fingerprint density at radius 3 is 1.16 bits per heavy atom. The van der Waals surface area contributed by atoms with Gasteiger partial charge in [-0.3, -0.25) is 0 Å². The average Bonchev–Trinajstić information content (AvgIpc) is 3.28. The number of anilines is 8. The number of nitrogens with one attached hydrogen (secondary N) is 1. The van der Waals surface area contributed by atoms with E-state index in [2.05, 4.69) is 287 Å². The molecule has 0 fully saturated rings. The van der Waals surface area contributed by atoms with Crippen molar-refractivity contribution in [3.8, 4) is 22.3 Å². The highest BCUT2D eigenvalue weighted by atomic mass is 79.9. The molecule has 64 heavy (non-hydrogen) atoms. The van der Waals surface area contributed by atoms with E-state index in [1.165, 1.54) is 38.9 Å². The summed E-state index contributed by atoms with van der Waals surface area (Å²) in [6.45, 7) is 20.5. The maximum absolute atomic E-state index is 4.19. The summed E-state index contributed by atoms with van der Waals surface area (Å²) in [6.07, 6.45) is 0. The lowest BCUT2D eigenvalue weighted by molar-refractivity contribution is 0.589. The highest BCUT2D eigenvalue weighted by Gasteiger charge is 2.25. The van der Waals surface area contributed by atoms with E-state index in [0.29, 0.717) is 0 Å². The Balaban J connectivity index is 1.22. The molecule has 0 unspecified atom stereocenters. The third kappa shape index (κ3) is 9.88. The molecule has 0 heterocycles. The lowest BCUT2D eigenvalue weighted by Crippen LogP contribution is -2.17. The van der Waals surface area contributed by atoms with Crippen LogP contribution in [0.5, 0.6) is 0 Å². The molecule has 3 nitrogen and oxygen atoms in total. The zero-order chi connectivity index (χ0) is 45.2. The quantitative estimate of drug-likeness (QED) is 0.148. The number of hydrogen-bond donors (Lipinski definition) is 1. The van der Waals surface area contributed by atoms with Gasteiger partial charge in [-0.15, -0.1) is 0 Å². The zero-order valence-electron chi connectivity index (χ0n) is 38.7. The van der Waals surface area contributed by atoms with E-state index in [-0.39, 0.29) is 16.2 Å². The Morgan fingerprint density at radius 1 is 0.344 bits per heavy atom. The topological polar surface area (TPSA) is 18.5 Å². The second-order valence-electron chi connectivity index (χ2n) is 19.9. The van der Waals surface area contributed by atoms with Crippen LogP contribution in [0, 0.1) is 0 Å². The first-order valence-electron chi connectivity index (χ1n) is 22.4. The summed E-state index contributed by atoms with van der Waals surface area (Å²) in [5.41, 5.74) is 17.0. The maximum atomic E-state index is 4.19. The maximum Gasteiger partial charge on any atom is 0.0651 e. The first kappa shape index (κ1) is 44.3. The fourth-order valence-corrected chi connectivity index (χ4v) is 8.64. The van der Waals surface area contributed by atoms with E-state index < -0.39 is 0 Å². The summed E-state index contributed by atoms with van der Waals surface area (Å²) in [7, 11) is 0. The summed E-state index contributed by atoms with van der Waals surface area (Å²) < 4.78 is 0.982. The fourth-order valence-electron chi connectivity index (χ4n) is 8.14. The minimum Gasteiger partial charge on any atom is -0.354 e. The van der Waals surface area contributed by atoms with Gasteiger partial charge in [0.25, 0.3) is 0 Å². The normalized spacial score (nSPS) is 11.9. The van der Waals surface area contributed by atoms with Gasteiger partial charge in [-0.05, 0) is 150 Å². The van der Waals surface area contributed by atoms with Crippen molar-refractivity contribution in [2.24, 2.45) is 0 Å². The Hall–Kier alpha value is -6.36. The Bertz CT molecular complexity index is 2670. The molecule has 0 bridgehead atoms. The molecule has 8 aromatic rings. The Kier molecular flexibility index (Phi) is 12.5. The molecule has 0 aliphatic carbocycles. The van der Waals surface area contributed by atoms with Crippen LogP contribution in [-0.4, -0.2) is 0 Å². The zero-order valence-corrected chi connectivity index (χ0v) is 40.3. The van der Waals surface area contributed by atoms with Crippen LogP contribution in [0.25, 0.3) is 22.3 Å². The number of halogens is 1. The minimum atomic E-state index is -0.125. The van der Waals surface area contributed by atoms with Crippen molar-refractivity contribution in [3.05, 3.63) is 215 Å². The van der Waals surface area contributed by atoms with Gasteiger partial charge in [-0.25, -0.2) is 0 Å². The predicted molar refractivity (Wildman–Crippen MR) is 280 cm³/mol. The van der Waals surface area contributed by atoms with Gasteiger partial charge in [0.1, 0.15) is 0 Å². The lowest BCUT2D eigenvalue weighted by Gasteiger charge is -2.31. The van der Waals surface area contributed by atoms with Gasteiger partial charge in [-0.2, -0.15) is 0 Å². The average molecular weight is 903 g/mol. The van der Waals surface area contributed by atoms with E-state index in [1.54, 1.807) is 0 Å². The third-order valence-corrected chi connectivity index (χ3v) is 12.8. The largest absolute Gasteiger partial charge is 0.354 e. The summed E-state index contributed by atoms with van der Waals surface area (Å²) >= 11 is 4.19. The van der Waals surface area contributed by atoms with Crippen molar-refractivity contribution in [1.82, 2.24) is 0 Å². The molecule has 4 heteroatoms. The van der Waals surface area contributed by atoms with Gasteiger partial charge in [0.15, 0.2) is 0 Å². The number of hydrogen-bond acceptors (Lipinski definition) is 3. The van der Waals surface area contributed by atoms with Crippen LogP contribution in [-0.2, 0) is 16.2 Å². The van der Waals surface area contributed by atoms with Gasteiger partial charge < -0.3 is 15.1 Å². The van der Waals surface area contributed by atoms with Gasteiger partial charge in [-0.1, -0.05) is 178 Å². The second-order valence-corrected chi connectivity index (χ2v) is 20.7. The molecule has 8 rings (SSSR count). The van der Waals surface area contributed by atoms with Crippen LogP contribution in [0.3, 0.4) is 0 Å². The second kappa shape index (κ2) is 18.0. The highest BCUT2D eigenvalue weighted by Crippen LogP contribution is 2.47. The Labute approximate surface area is 390 Å². The first-order valence-corrected chi connectivity index (χ1v) is 23.2. The molecule has 322 valence electrons. The lowest BCUT2D eigenvalue weighted by atomic mass is 9.85. The molecule has 0 aromatic heterocycles. The SMILES string of the molecule is CC(C)(C)c1ccc(N(c2ccc(C(C)(C)C)cc2)c2cc(C(C)(C)C)cc(Nc3cccc(N(c4ccc(-c5ccccc5)cc4)c4ccc(-c5ccccc5)cc4)c3)c2Br)cc1. The summed E-state index contributed by atoms with van der Waals surface area (Å²) in [5, 5.41) is 3.90. The van der Waals surface area contributed by atoms with E-state index in [1.807, 2.05) is 0 Å². The molecule has 0 aliphatic rings. The standard InChI is InChI=1S/C60H60BrN3/c1-58(2,3)46-27-35-52(36-28-46)64(53-37-29-47(30-38-53)59(4,5)6)56-40-48(60(7,8)9)39-55(57(56)61)62-49-21-16-22-54(41-49)63(50-31-23-44(24-32-50)42-17-12-10-13-18-42)51-33-25-45(26-34-51)43-19-14-11-15-20-43/h10-41,62H,1-9H3. The van der Waals surface area contributed by atoms with Gasteiger partial charge in [0, 0.05) is 34.1 Å². The van der Waals surface area contributed by atoms with E-state index >= 15 is 0 Å². The first-order chi connectivity index (χ1) is 30.5. The molecule has 0 spiro atoms. The Morgan fingerprint density at radius 2 is 0.734 bits per heavy atom. The van der Waals surface area contributed by atoms with Gasteiger partial charge in [0.2, 0.25) is 0 Å². The van der Waals surface area contributed by atoms with Crippen molar-refractivity contribution >= 4 is 61.4 Å². The summed E-state index contributed by atoms with van der Waals surface area (Å²) in [5.74, 6) is 0. The number of rotatable bonds is 10. The van der Waals surface area contributed by atoms with Crippen LogP contribution >= 0.6 is 15.9 Å². The molecule has 0 aliphatic heterocycles. The van der Waals surface area contributed by atoms with Crippen LogP contribution in [0.2, 0.25) is 0 Å². The van der Waals surface area contributed by atoms with Crippen LogP contribution in [0.4, 0.5) is 45.5 Å². The highest BCUT2D eigenvalue weighted by molar-refractivity contribution is 9.10. The van der Waals surface area contributed by atoms with E-state index in [9.17, 15) is 0 Å². The molecule has 8 aromatic carbocycles. The van der Waals surface area contributed by atoms with E-state index in [4.69, 9.17) is 0 Å². The predicted octanol–water partition coefficient (Wildman–Crippen LogP) is 18.4. The monoisotopic (exact) mass is 901 g/mol. The summed E-state index contributed by atoms with van der Waals surface area (Å²) in [6, 6.07) is 70.4. The van der Waals surface area contributed by atoms with Crippen LogP contribution in [0.1, 0.15) is 79.0 Å². The van der Waals surface area contributed by atoms with Crippen LogP contribution in [0.15, 0.2) is 199 Å². The number of benzene rings is 8. The van der Waals surface area contributed by atoms with Gasteiger partial charge in [0.05, 0.1) is 15.8 Å². The molecule has 1 N–H and O–H groups in total. The third-order valence-electron chi connectivity index (χ3n) is 12.0. The van der Waals surface area contributed by atoms with Crippen molar-refractivity contribution in [2.75, 3.05) is 15.1 Å². The van der Waals surface area contributed by atoms with Crippen molar-refractivity contribution in [2.45, 2.75) is 78.6 Å². The summed E-state index contributed by atoms with van der Waals surface area (Å²) in [4.78, 5) is 4.73. The molecule has 0 amide bonds.